The lowest BCUT2D eigenvalue weighted by Crippen LogP contribution is -2.24. The highest BCUT2D eigenvalue weighted by Crippen LogP contribution is 2.22. The highest BCUT2D eigenvalue weighted by atomic mass is 32.1. The third-order valence-corrected chi connectivity index (χ3v) is 5.12. The number of hydrogen-bond donors (Lipinski definition) is 0. The van der Waals surface area contributed by atoms with E-state index in [2.05, 4.69) is 15.1 Å². The Hall–Kier alpha value is -3.72. The van der Waals surface area contributed by atoms with Gasteiger partial charge in [0.2, 0.25) is 4.96 Å². The van der Waals surface area contributed by atoms with Crippen LogP contribution in [0, 0.1) is 10.1 Å². The first-order valence-corrected chi connectivity index (χ1v) is 8.76. The number of rotatable bonds is 2. The second-order valence-electron chi connectivity index (χ2n) is 5.88. The molecule has 5 aromatic rings. The van der Waals surface area contributed by atoms with E-state index >= 15 is 0 Å². The maximum atomic E-state index is 12.7. The first-order valence-electron chi connectivity index (χ1n) is 7.94. The standard InChI is InChI=1S/C18H9N5O3S/c24-17-14(9-10-4-3-5-11(8-10)23(25)26)27-18-20-16-15(21-22(17)18)12-6-1-2-7-13(12)19-16/h1-9H. The van der Waals surface area contributed by atoms with E-state index in [9.17, 15) is 14.9 Å². The van der Waals surface area contributed by atoms with Crippen LogP contribution in [0.15, 0.2) is 53.3 Å². The lowest BCUT2D eigenvalue weighted by atomic mass is 10.2. The Labute approximate surface area is 154 Å². The Morgan fingerprint density at radius 1 is 1.11 bits per heavy atom. The molecule has 0 amide bonds. The van der Waals surface area contributed by atoms with Crippen molar-refractivity contribution in [1.82, 2.24) is 19.6 Å². The van der Waals surface area contributed by atoms with Crippen molar-refractivity contribution < 1.29 is 4.92 Å². The maximum Gasteiger partial charge on any atom is 0.291 e. The van der Waals surface area contributed by atoms with E-state index < -0.39 is 4.92 Å². The van der Waals surface area contributed by atoms with Gasteiger partial charge in [0.05, 0.1) is 15.0 Å². The number of aromatic nitrogens is 4. The van der Waals surface area contributed by atoms with Gasteiger partial charge in [-0.3, -0.25) is 14.9 Å². The van der Waals surface area contributed by atoms with E-state index in [1.807, 2.05) is 24.3 Å². The van der Waals surface area contributed by atoms with Crippen molar-refractivity contribution >= 4 is 50.1 Å². The number of thiazole rings is 1. The molecule has 0 aliphatic carbocycles. The smallest absolute Gasteiger partial charge is 0.266 e. The van der Waals surface area contributed by atoms with Crippen LogP contribution in [0.1, 0.15) is 5.56 Å². The van der Waals surface area contributed by atoms with Gasteiger partial charge < -0.3 is 0 Å². The third kappa shape index (κ3) is 2.44. The number of nitro benzene ring substituents is 1. The molecule has 2 aromatic carbocycles. The summed E-state index contributed by atoms with van der Waals surface area (Å²) in [6.07, 6.45) is 1.60. The van der Waals surface area contributed by atoms with Gasteiger partial charge in [0.1, 0.15) is 5.52 Å². The van der Waals surface area contributed by atoms with Gasteiger partial charge in [-0.1, -0.05) is 41.7 Å². The molecule has 0 atom stereocenters. The number of nitrogens with zero attached hydrogens (tertiary/aromatic N) is 5. The van der Waals surface area contributed by atoms with Crippen molar-refractivity contribution in [2.75, 3.05) is 0 Å². The van der Waals surface area contributed by atoms with E-state index in [1.165, 1.54) is 28.0 Å². The molecule has 3 aromatic heterocycles. The average Bonchev–Trinajstić information content (AvgIpc) is 3.17. The minimum atomic E-state index is -0.471. The number of para-hydroxylation sites is 1. The highest BCUT2D eigenvalue weighted by Gasteiger charge is 2.13. The largest absolute Gasteiger partial charge is 0.291 e. The van der Waals surface area contributed by atoms with Gasteiger partial charge in [0.15, 0.2) is 5.65 Å². The van der Waals surface area contributed by atoms with Crippen molar-refractivity contribution in [3.8, 4) is 0 Å². The minimum Gasteiger partial charge on any atom is -0.266 e. The van der Waals surface area contributed by atoms with Crippen LogP contribution in [0.3, 0.4) is 0 Å². The SMILES string of the molecule is O=c1c(=Cc2cccc([N+](=O)[O-])c2)sc2nc3nc4ccccc4c3nn12. The van der Waals surface area contributed by atoms with Gasteiger partial charge in [-0.15, -0.1) is 0 Å². The molecule has 0 fully saturated rings. The molecule has 5 rings (SSSR count). The predicted octanol–water partition coefficient (Wildman–Crippen LogP) is 2.31. The monoisotopic (exact) mass is 375 g/mol. The summed E-state index contributed by atoms with van der Waals surface area (Å²) in [5.74, 6) is 0. The van der Waals surface area contributed by atoms with Crippen LogP contribution in [-0.4, -0.2) is 24.5 Å². The molecule has 0 bridgehead atoms. The molecule has 130 valence electrons. The summed E-state index contributed by atoms with van der Waals surface area (Å²) in [4.78, 5) is 32.5. The normalized spacial score (nSPS) is 12.4. The highest BCUT2D eigenvalue weighted by molar-refractivity contribution is 7.15. The molecule has 8 nitrogen and oxygen atoms in total. The molecule has 27 heavy (non-hydrogen) atoms. The molecule has 0 aliphatic heterocycles. The van der Waals surface area contributed by atoms with Gasteiger partial charge in [-0.25, -0.2) is 4.98 Å². The molecule has 0 N–H and O–H groups in total. The van der Waals surface area contributed by atoms with Gasteiger partial charge in [-0.05, 0) is 17.7 Å². The molecule has 0 spiro atoms. The zero-order valence-corrected chi connectivity index (χ0v) is 14.4. The molecule has 0 aliphatic rings. The van der Waals surface area contributed by atoms with Crippen molar-refractivity contribution in [3.05, 3.63) is 79.1 Å². The average molecular weight is 375 g/mol. The predicted molar refractivity (Wildman–Crippen MR) is 102 cm³/mol. The van der Waals surface area contributed by atoms with Crippen molar-refractivity contribution in [2.24, 2.45) is 0 Å². The Balaban J connectivity index is 1.76. The summed E-state index contributed by atoms with van der Waals surface area (Å²) in [5, 5.41) is 16.2. The van der Waals surface area contributed by atoms with Crippen LogP contribution >= 0.6 is 11.3 Å². The van der Waals surface area contributed by atoms with E-state index in [0.29, 0.717) is 26.2 Å². The molecular formula is C18H9N5O3S. The first kappa shape index (κ1) is 15.5. The Bertz CT molecular complexity index is 1490. The Morgan fingerprint density at radius 3 is 2.81 bits per heavy atom. The van der Waals surface area contributed by atoms with Crippen LogP contribution in [0.2, 0.25) is 0 Å². The molecular weight excluding hydrogens is 366 g/mol. The van der Waals surface area contributed by atoms with Gasteiger partial charge in [0.25, 0.3) is 11.2 Å². The van der Waals surface area contributed by atoms with Crippen LogP contribution in [0.25, 0.3) is 33.1 Å². The Kier molecular flexibility index (Phi) is 3.25. The topological polar surface area (TPSA) is 103 Å². The Morgan fingerprint density at radius 2 is 1.96 bits per heavy atom. The second-order valence-corrected chi connectivity index (χ2v) is 6.88. The number of non-ortho nitro benzene ring substituents is 1. The number of benzene rings is 2. The summed E-state index contributed by atoms with van der Waals surface area (Å²) >= 11 is 1.17. The number of nitro groups is 1. The zero-order valence-electron chi connectivity index (χ0n) is 13.6. The summed E-state index contributed by atoms with van der Waals surface area (Å²) in [6.45, 7) is 0. The summed E-state index contributed by atoms with van der Waals surface area (Å²) < 4.78 is 1.65. The summed E-state index contributed by atoms with van der Waals surface area (Å²) in [5.41, 5.74) is 2.05. The van der Waals surface area contributed by atoms with E-state index in [4.69, 9.17) is 0 Å². The second kappa shape index (κ2) is 5.64. The van der Waals surface area contributed by atoms with Gasteiger partial charge in [-0.2, -0.15) is 14.6 Å². The minimum absolute atomic E-state index is 0.0319. The van der Waals surface area contributed by atoms with E-state index in [0.717, 1.165) is 10.9 Å². The molecule has 9 heteroatoms. The number of fused-ring (bicyclic) bond motifs is 4. The van der Waals surface area contributed by atoms with Crippen molar-refractivity contribution in [1.29, 1.82) is 0 Å². The van der Waals surface area contributed by atoms with Crippen LogP contribution in [0.4, 0.5) is 5.69 Å². The fraction of sp³-hybridized carbons (Fsp3) is 0. The lowest BCUT2D eigenvalue weighted by Gasteiger charge is -1.92. The molecule has 0 unspecified atom stereocenters. The van der Waals surface area contributed by atoms with Gasteiger partial charge in [0, 0.05) is 17.5 Å². The molecule has 0 saturated heterocycles. The quantitative estimate of drug-likeness (QED) is 0.346. The molecule has 3 heterocycles. The van der Waals surface area contributed by atoms with Crippen LogP contribution in [-0.2, 0) is 0 Å². The lowest BCUT2D eigenvalue weighted by molar-refractivity contribution is -0.384. The third-order valence-electron chi connectivity index (χ3n) is 4.16. The maximum absolute atomic E-state index is 12.7. The fourth-order valence-electron chi connectivity index (χ4n) is 2.93. The van der Waals surface area contributed by atoms with E-state index in [-0.39, 0.29) is 11.2 Å². The van der Waals surface area contributed by atoms with Crippen molar-refractivity contribution in [2.45, 2.75) is 0 Å². The van der Waals surface area contributed by atoms with Crippen LogP contribution < -0.4 is 10.1 Å². The first-order chi connectivity index (χ1) is 13.1. The molecule has 0 saturated carbocycles. The summed E-state index contributed by atoms with van der Waals surface area (Å²) in [7, 11) is 0. The fourth-order valence-corrected chi connectivity index (χ4v) is 3.84. The number of hydrogen-bond acceptors (Lipinski definition) is 7. The van der Waals surface area contributed by atoms with E-state index in [1.54, 1.807) is 18.2 Å². The summed E-state index contributed by atoms with van der Waals surface area (Å²) in [6, 6.07) is 13.6. The van der Waals surface area contributed by atoms with Crippen molar-refractivity contribution in [3.63, 3.8) is 0 Å². The zero-order chi connectivity index (χ0) is 18.5. The van der Waals surface area contributed by atoms with Gasteiger partial charge >= 0.3 is 0 Å². The van der Waals surface area contributed by atoms with Crippen LogP contribution in [0.5, 0.6) is 0 Å². The molecule has 0 radical (unpaired) electrons.